The molecule has 2 aromatic rings. The van der Waals surface area contributed by atoms with Crippen molar-refractivity contribution in [2.75, 3.05) is 34.9 Å². The van der Waals surface area contributed by atoms with Gasteiger partial charge in [0.25, 0.3) is 0 Å². The molecule has 0 aliphatic carbocycles. The number of ether oxygens (including phenoxy) is 2. The molecule has 5 heteroatoms. The zero-order valence-corrected chi connectivity index (χ0v) is 17.6. The van der Waals surface area contributed by atoms with Crippen LogP contribution in [0.4, 0.5) is 0 Å². The van der Waals surface area contributed by atoms with E-state index < -0.39 is 0 Å². The van der Waals surface area contributed by atoms with E-state index in [9.17, 15) is 5.11 Å². The van der Waals surface area contributed by atoms with Gasteiger partial charge in [-0.2, -0.15) is 0 Å². The third-order valence-electron chi connectivity index (χ3n) is 5.16. The first-order valence-electron chi connectivity index (χ1n) is 8.28. The van der Waals surface area contributed by atoms with Crippen molar-refractivity contribution in [3.05, 3.63) is 53.1 Å². The minimum Gasteiger partial charge on any atom is -0.872 e. The molecule has 3 rings (SSSR count). The van der Waals surface area contributed by atoms with E-state index in [1.54, 1.807) is 26.4 Å². The smallest absolute Gasteiger partial charge is 0.161 e. The maximum absolute atomic E-state index is 11.4. The highest BCUT2D eigenvalue weighted by molar-refractivity contribution is 14.0. The zero-order chi connectivity index (χ0) is 17.3. The molecule has 25 heavy (non-hydrogen) atoms. The van der Waals surface area contributed by atoms with Crippen LogP contribution in [0.25, 0.3) is 0 Å². The Morgan fingerprint density at radius 2 is 1.64 bits per heavy atom. The molecule has 0 saturated heterocycles. The van der Waals surface area contributed by atoms with Crippen LogP contribution in [0.3, 0.4) is 0 Å². The second kappa shape index (κ2) is 7.83. The van der Waals surface area contributed by atoms with Crippen LogP contribution < -0.4 is 14.6 Å². The van der Waals surface area contributed by atoms with Gasteiger partial charge in [0.2, 0.25) is 0 Å². The summed E-state index contributed by atoms with van der Waals surface area (Å²) in [5.74, 6) is 1.62. The molecule has 1 aliphatic heterocycles. The minimum atomic E-state index is 0. The predicted octanol–water partition coefficient (Wildman–Crippen LogP) is 3.31. The maximum Gasteiger partial charge on any atom is 0.161 e. The van der Waals surface area contributed by atoms with Gasteiger partial charge in [-0.1, -0.05) is 24.3 Å². The van der Waals surface area contributed by atoms with Crippen LogP contribution in [0, 0.1) is 0 Å². The molecular weight excluding hydrogens is 429 g/mol. The van der Waals surface area contributed by atoms with E-state index in [0.29, 0.717) is 6.04 Å². The lowest BCUT2D eigenvalue weighted by atomic mass is 9.87. The Labute approximate surface area is 167 Å². The predicted molar refractivity (Wildman–Crippen MR) is 108 cm³/mol. The van der Waals surface area contributed by atoms with Crippen molar-refractivity contribution >= 4 is 24.0 Å². The first-order valence-corrected chi connectivity index (χ1v) is 8.28. The number of likely N-dealkylation sites (N-methyl/N-ethyl adjacent to an activating group) is 1. The Balaban J connectivity index is 0.00000225. The molecule has 1 atom stereocenters. The summed E-state index contributed by atoms with van der Waals surface area (Å²) in [7, 11) is 7.89. The number of rotatable bonds is 4. The molecule has 0 saturated carbocycles. The number of hydrogen-bond acceptors (Lipinski definition) is 3. The van der Waals surface area contributed by atoms with Crippen molar-refractivity contribution in [3.63, 3.8) is 0 Å². The first-order chi connectivity index (χ1) is 11.4. The van der Waals surface area contributed by atoms with E-state index in [0.717, 1.165) is 35.4 Å². The van der Waals surface area contributed by atoms with Crippen molar-refractivity contribution in [1.82, 2.24) is 0 Å². The number of hydrogen-bond donors (Lipinski definition) is 0. The van der Waals surface area contributed by atoms with Crippen LogP contribution in [0.1, 0.15) is 22.7 Å². The first kappa shape index (κ1) is 19.8. The highest BCUT2D eigenvalue weighted by Gasteiger charge is 2.36. The topological polar surface area (TPSA) is 41.5 Å². The Morgan fingerprint density at radius 3 is 2.24 bits per heavy atom. The minimum absolute atomic E-state index is 0. The summed E-state index contributed by atoms with van der Waals surface area (Å²) in [5.41, 5.74) is 3.83. The number of nitrogens with zero attached hydrogens (tertiary/aromatic N) is 1. The van der Waals surface area contributed by atoms with Gasteiger partial charge in [-0.25, -0.2) is 0 Å². The van der Waals surface area contributed by atoms with E-state index in [2.05, 4.69) is 26.2 Å². The monoisotopic (exact) mass is 455 g/mol. The summed E-state index contributed by atoms with van der Waals surface area (Å²) in [5, 5.41) is 11.4. The summed E-state index contributed by atoms with van der Waals surface area (Å²) in [6.45, 7) is 1.08. The van der Waals surface area contributed by atoms with Gasteiger partial charge < -0.3 is 19.1 Å². The molecule has 0 radical (unpaired) electrons. The summed E-state index contributed by atoms with van der Waals surface area (Å²) in [4.78, 5) is 0. The Kier molecular flexibility index (Phi) is 6.21. The average Bonchev–Trinajstić information content (AvgIpc) is 2.58. The van der Waals surface area contributed by atoms with Gasteiger partial charge in [0.15, 0.2) is 11.5 Å². The molecule has 1 aliphatic rings. The maximum atomic E-state index is 11.4. The van der Waals surface area contributed by atoms with Gasteiger partial charge in [-0.3, -0.25) is 0 Å². The molecule has 136 valence electrons. The lowest BCUT2D eigenvalue weighted by Crippen LogP contribution is -2.48. The highest BCUT2D eigenvalue weighted by Crippen LogP contribution is 2.41. The Hall–Kier alpha value is -1.47. The Bertz CT molecular complexity index is 728. The third kappa shape index (κ3) is 4.03. The van der Waals surface area contributed by atoms with Crippen molar-refractivity contribution in [3.8, 4) is 17.2 Å². The van der Waals surface area contributed by atoms with Crippen LogP contribution >= 0.6 is 24.0 Å². The van der Waals surface area contributed by atoms with E-state index in [4.69, 9.17) is 9.47 Å². The number of quaternary nitrogens is 1. The largest absolute Gasteiger partial charge is 0.872 e. The van der Waals surface area contributed by atoms with Gasteiger partial charge >= 0.3 is 0 Å². The second-order valence-corrected chi connectivity index (χ2v) is 7.02. The van der Waals surface area contributed by atoms with E-state index in [1.165, 1.54) is 16.7 Å². The zero-order valence-electron chi connectivity index (χ0n) is 15.2. The van der Waals surface area contributed by atoms with E-state index in [-0.39, 0.29) is 29.7 Å². The standard InChI is InChI=1S/C20H25NO3.HI/c1-21(2)10-9-15-12-19(23-3)20(24-4)13-17(15)18(21)11-14-5-7-16(22)8-6-14;/h5-8,12-13,18H,9-11H2,1-4H3;1H/t18-;/m1./s1. The Morgan fingerprint density at radius 1 is 1.04 bits per heavy atom. The summed E-state index contributed by atoms with van der Waals surface area (Å²) in [6.07, 6.45) is 1.93. The van der Waals surface area contributed by atoms with Crippen molar-refractivity contribution < 1.29 is 19.1 Å². The molecule has 0 fully saturated rings. The summed E-state index contributed by atoms with van der Waals surface area (Å²) in [6, 6.07) is 11.7. The SMILES string of the molecule is COc1cc2c(cc1OC)[C@@H](Cc1ccc([O-])cc1)[N+](C)(C)CC2.I. The molecule has 0 amide bonds. The average molecular weight is 455 g/mol. The van der Waals surface area contributed by atoms with Gasteiger partial charge in [-0.15, -0.1) is 29.7 Å². The van der Waals surface area contributed by atoms with Crippen molar-refractivity contribution in [2.45, 2.75) is 18.9 Å². The number of halogens is 1. The van der Waals surface area contributed by atoms with Crippen molar-refractivity contribution in [2.24, 2.45) is 0 Å². The number of benzene rings is 2. The molecule has 0 unspecified atom stereocenters. The molecular formula is C20H26INO3. The fourth-order valence-electron chi connectivity index (χ4n) is 3.61. The third-order valence-corrected chi connectivity index (χ3v) is 5.16. The second-order valence-electron chi connectivity index (χ2n) is 7.02. The normalized spacial score (nSPS) is 18.0. The summed E-state index contributed by atoms with van der Waals surface area (Å²) >= 11 is 0. The van der Waals surface area contributed by atoms with Crippen LogP contribution in [-0.4, -0.2) is 39.3 Å². The molecule has 2 aromatic carbocycles. The summed E-state index contributed by atoms with van der Waals surface area (Å²) < 4.78 is 11.9. The molecule has 1 heterocycles. The van der Waals surface area contributed by atoms with Gasteiger partial charge in [0, 0.05) is 18.4 Å². The van der Waals surface area contributed by atoms with Crippen LogP contribution in [0.5, 0.6) is 17.2 Å². The van der Waals surface area contributed by atoms with Gasteiger partial charge in [-0.05, 0) is 23.3 Å². The van der Waals surface area contributed by atoms with Gasteiger partial charge in [0.1, 0.15) is 6.04 Å². The number of fused-ring (bicyclic) bond motifs is 1. The van der Waals surface area contributed by atoms with Crippen LogP contribution in [0.15, 0.2) is 36.4 Å². The van der Waals surface area contributed by atoms with Crippen LogP contribution in [-0.2, 0) is 12.8 Å². The van der Waals surface area contributed by atoms with Crippen molar-refractivity contribution in [1.29, 1.82) is 0 Å². The molecule has 0 aromatic heterocycles. The van der Waals surface area contributed by atoms with E-state index in [1.807, 2.05) is 12.1 Å². The quantitative estimate of drug-likeness (QED) is 0.525. The fraction of sp³-hybridized carbons (Fsp3) is 0.400. The molecule has 0 spiro atoms. The molecule has 4 nitrogen and oxygen atoms in total. The number of methoxy groups -OCH3 is 2. The van der Waals surface area contributed by atoms with Crippen LogP contribution in [0.2, 0.25) is 0 Å². The highest BCUT2D eigenvalue weighted by atomic mass is 127. The molecule has 0 N–H and O–H groups in total. The van der Waals surface area contributed by atoms with E-state index >= 15 is 0 Å². The molecule has 0 bridgehead atoms. The lowest BCUT2D eigenvalue weighted by Gasteiger charge is -2.43. The fourth-order valence-corrected chi connectivity index (χ4v) is 3.61. The lowest BCUT2D eigenvalue weighted by molar-refractivity contribution is -0.923. The van der Waals surface area contributed by atoms with Gasteiger partial charge in [0.05, 0.1) is 34.9 Å².